The van der Waals surface area contributed by atoms with Crippen molar-refractivity contribution in [1.82, 2.24) is 9.55 Å². The van der Waals surface area contributed by atoms with Crippen LogP contribution >= 0.6 is 11.8 Å². The van der Waals surface area contributed by atoms with Gasteiger partial charge in [0, 0.05) is 23.0 Å². The number of fused-ring (bicyclic) bond motifs is 1. The van der Waals surface area contributed by atoms with Gasteiger partial charge in [-0.2, -0.15) is 0 Å². The summed E-state index contributed by atoms with van der Waals surface area (Å²) in [5, 5.41) is 9.72. The second-order valence-electron chi connectivity index (χ2n) is 6.20. The van der Waals surface area contributed by atoms with Gasteiger partial charge in [0.25, 0.3) is 0 Å². The van der Waals surface area contributed by atoms with E-state index in [2.05, 4.69) is 29.2 Å². The summed E-state index contributed by atoms with van der Waals surface area (Å²) in [5.41, 5.74) is 2.39. The number of aromatic carboxylic acids is 1. The van der Waals surface area contributed by atoms with Crippen molar-refractivity contribution in [3.05, 3.63) is 88.8 Å². The minimum Gasteiger partial charge on any atom is -0.477 e. The number of thioether (sulfide) groups is 1. The Morgan fingerprint density at radius 1 is 1.04 bits per heavy atom. The lowest BCUT2D eigenvalue weighted by Gasteiger charge is -2.13. The molecule has 0 aliphatic heterocycles. The Bertz CT molecular complexity index is 1250. The molecule has 0 aliphatic rings. The molecular formula is C22H16N2O3S. The predicted octanol–water partition coefficient (Wildman–Crippen LogP) is 4.47. The third-order valence-electron chi connectivity index (χ3n) is 4.54. The summed E-state index contributed by atoms with van der Waals surface area (Å²) in [6.45, 7) is 0. The van der Waals surface area contributed by atoms with Crippen LogP contribution in [0.15, 0.2) is 82.7 Å². The Morgan fingerprint density at radius 2 is 1.82 bits per heavy atom. The number of aromatic nitrogens is 2. The van der Waals surface area contributed by atoms with Crippen molar-refractivity contribution in [2.75, 3.05) is 6.26 Å². The summed E-state index contributed by atoms with van der Waals surface area (Å²) >= 11 is 1.68. The Hall–Kier alpha value is -3.38. The number of carbonyl (C=O) groups is 1. The van der Waals surface area contributed by atoms with Crippen molar-refractivity contribution < 1.29 is 9.90 Å². The van der Waals surface area contributed by atoms with Gasteiger partial charge in [0.1, 0.15) is 11.2 Å². The monoisotopic (exact) mass is 388 g/mol. The first kappa shape index (κ1) is 18.0. The van der Waals surface area contributed by atoms with Crippen molar-refractivity contribution in [3.63, 3.8) is 0 Å². The Balaban J connectivity index is 1.92. The van der Waals surface area contributed by atoms with Gasteiger partial charge in [-0.3, -0.25) is 4.79 Å². The number of nitrogens with zero attached hydrogens (tertiary/aromatic N) is 2. The molecule has 0 bridgehead atoms. The van der Waals surface area contributed by atoms with Gasteiger partial charge in [-0.15, -0.1) is 11.8 Å². The van der Waals surface area contributed by atoms with Crippen molar-refractivity contribution in [2.24, 2.45) is 0 Å². The maximum atomic E-state index is 12.5. The quantitative estimate of drug-likeness (QED) is 0.522. The van der Waals surface area contributed by atoms with Crippen LogP contribution in [0.2, 0.25) is 0 Å². The molecule has 0 spiro atoms. The van der Waals surface area contributed by atoms with E-state index in [0.717, 1.165) is 16.8 Å². The minimum absolute atomic E-state index is 0.275. The van der Waals surface area contributed by atoms with E-state index in [4.69, 9.17) is 0 Å². The number of hydrogen-bond acceptors (Lipinski definition) is 4. The first-order valence-electron chi connectivity index (χ1n) is 8.57. The second-order valence-corrected chi connectivity index (χ2v) is 7.08. The SMILES string of the molecule is CSc1ccc(-c2cccc(-n3cc(C(=O)O)c(=O)c4cccnc43)c2)cc1. The molecule has 0 atom stereocenters. The number of rotatable bonds is 4. The third kappa shape index (κ3) is 3.18. The standard InChI is InChI=1S/C22H16N2O3S/c1-28-17-9-7-14(8-10-17)15-4-2-5-16(12-15)24-13-19(22(26)27)20(25)18-6-3-11-23-21(18)24/h2-13H,1H3,(H,26,27). The summed E-state index contributed by atoms with van der Waals surface area (Å²) in [6, 6.07) is 19.2. The molecule has 4 aromatic rings. The van der Waals surface area contributed by atoms with E-state index in [1.807, 2.05) is 30.5 Å². The zero-order valence-corrected chi connectivity index (χ0v) is 15.8. The lowest BCUT2D eigenvalue weighted by Crippen LogP contribution is -2.18. The molecule has 2 aromatic carbocycles. The molecule has 4 rings (SSSR count). The smallest absolute Gasteiger partial charge is 0.341 e. The maximum absolute atomic E-state index is 12.5. The minimum atomic E-state index is -1.26. The highest BCUT2D eigenvalue weighted by molar-refractivity contribution is 7.98. The van der Waals surface area contributed by atoms with Crippen LogP contribution in [0.5, 0.6) is 0 Å². The fourth-order valence-electron chi connectivity index (χ4n) is 3.13. The van der Waals surface area contributed by atoms with Crippen molar-refractivity contribution in [3.8, 4) is 16.8 Å². The largest absolute Gasteiger partial charge is 0.477 e. The van der Waals surface area contributed by atoms with E-state index >= 15 is 0 Å². The fourth-order valence-corrected chi connectivity index (χ4v) is 3.54. The van der Waals surface area contributed by atoms with Crippen LogP contribution in [-0.2, 0) is 0 Å². The normalized spacial score (nSPS) is 10.9. The summed E-state index contributed by atoms with van der Waals surface area (Å²) in [7, 11) is 0. The molecule has 0 saturated heterocycles. The molecule has 0 radical (unpaired) electrons. The van der Waals surface area contributed by atoms with Crippen LogP contribution in [-0.4, -0.2) is 26.9 Å². The van der Waals surface area contributed by atoms with E-state index < -0.39 is 11.4 Å². The van der Waals surface area contributed by atoms with Crippen molar-refractivity contribution >= 4 is 28.8 Å². The van der Waals surface area contributed by atoms with E-state index in [0.29, 0.717) is 5.65 Å². The highest BCUT2D eigenvalue weighted by Crippen LogP contribution is 2.26. The Labute approximate surface area is 165 Å². The molecule has 5 nitrogen and oxygen atoms in total. The van der Waals surface area contributed by atoms with Crippen molar-refractivity contribution in [2.45, 2.75) is 4.90 Å². The molecule has 1 N–H and O–H groups in total. The first-order chi connectivity index (χ1) is 13.6. The van der Waals surface area contributed by atoms with Gasteiger partial charge in [0.15, 0.2) is 0 Å². The van der Waals surface area contributed by atoms with Gasteiger partial charge in [0.05, 0.1) is 5.39 Å². The highest BCUT2D eigenvalue weighted by Gasteiger charge is 2.16. The van der Waals surface area contributed by atoms with Gasteiger partial charge in [-0.1, -0.05) is 24.3 Å². The van der Waals surface area contributed by atoms with E-state index in [9.17, 15) is 14.7 Å². The average molecular weight is 388 g/mol. The molecule has 0 saturated carbocycles. The van der Waals surface area contributed by atoms with Crippen LogP contribution < -0.4 is 5.43 Å². The Morgan fingerprint density at radius 3 is 2.54 bits per heavy atom. The molecule has 0 aliphatic carbocycles. The van der Waals surface area contributed by atoms with Crippen LogP contribution in [0.1, 0.15) is 10.4 Å². The molecular weight excluding hydrogens is 372 g/mol. The zero-order chi connectivity index (χ0) is 19.7. The van der Waals surface area contributed by atoms with Crippen LogP contribution in [0.25, 0.3) is 27.8 Å². The fraction of sp³-hybridized carbons (Fsp3) is 0.0455. The summed E-state index contributed by atoms with van der Waals surface area (Å²) in [4.78, 5) is 29.5. The molecule has 138 valence electrons. The van der Waals surface area contributed by atoms with Gasteiger partial charge in [0.2, 0.25) is 5.43 Å². The summed E-state index contributed by atoms with van der Waals surface area (Å²) in [6.07, 6.45) is 4.96. The topological polar surface area (TPSA) is 72.2 Å². The highest BCUT2D eigenvalue weighted by atomic mass is 32.2. The average Bonchev–Trinajstić information content (AvgIpc) is 2.74. The van der Waals surface area contributed by atoms with Crippen LogP contribution in [0, 0.1) is 0 Å². The molecule has 6 heteroatoms. The number of pyridine rings is 2. The van der Waals surface area contributed by atoms with E-state index in [1.54, 1.807) is 34.7 Å². The molecule has 0 unspecified atom stereocenters. The number of hydrogen-bond donors (Lipinski definition) is 1. The molecule has 0 amide bonds. The predicted molar refractivity (Wildman–Crippen MR) is 112 cm³/mol. The molecule has 2 aromatic heterocycles. The first-order valence-corrected chi connectivity index (χ1v) is 9.79. The van der Waals surface area contributed by atoms with Crippen LogP contribution in [0.3, 0.4) is 0 Å². The van der Waals surface area contributed by atoms with Crippen molar-refractivity contribution in [1.29, 1.82) is 0 Å². The zero-order valence-electron chi connectivity index (χ0n) is 15.0. The van der Waals surface area contributed by atoms with Gasteiger partial charge < -0.3 is 9.67 Å². The summed E-state index contributed by atoms with van der Waals surface area (Å²) < 4.78 is 1.65. The van der Waals surface area contributed by atoms with E-state index in [-0.39, 0.29) is 10.9 Å². The lowest BCUT2D eigenvalue weighted by atomic mass is 10.0. The molecule has 28 heavy (non-hydrogen) atoms. The van der Waals surface area contributed by atoms with Gasteiger partial charge >= 0.3 is 5.97 Å². The third-order valence-corrected chi connectivity index (χ3v) is 5.28. The number of carboxylic acid groups (broad SMARTS) is 1. The maximum Gasteiger partial charge on any atom is 0.341 e. The number of carboxylic acids is 1. The Kier molecular flexibility index (Phi) is 4.71. The second kappa shape index (κ2) is 7.32. The van der Waals surface area contributed by atoms with Crippen LogP contribution in [0.4, 0.5) is 0 Å². The summed E-state index contributed by atoms with van der Waals surface area (Å²) in [5.74, 6) is -1.26. The van der Waals surface area contributed by atoms with Gasteiger partial charge in [-0.05, 0) is 53.8 Å². The molecule has 2 heterocycles. The number of benzene rings is 2. The lowest BCUT2D eigenvalue weighted by molar-refractivity contribution is 0.0695. The van der Waals surface area contributed by atoms with E-state index in [1.165, 1.54) is 11.1 Å². The van der Waals surface area contributed by atoms with Gasteiger partial charge in [-0.25, -0.2) is 9.78 Å². The molecule has 0 fully saturated rings.